The lowest BCUT2D eigenvalue weighted by atomic mass is 10.0. The number of ether oxygens (including phenoxy) is 2. The average molecular weight is 698 g/mol. The number of carbonyl (C=O) groups is 1. The number of carbonyl (C=O) groups excluding carboxylic acids is 1. The van der Waals surface area contributed by atoms with Crippen molar-refractivity contribution in [2.75, 3.05) is 25.1 Å². The van der Waals surface area contributed by atoms with Crippen LogP contribution in [0.15, 0.2) is 95.8 Å². The normalized spacial score (nSPS) is 17.6. The van der Waals surface area contributed by atoms with Crippen molar-refractivity contribution >= 4 is 30.3 Å². The molecule has 2 aromatic rings. The van der Waals surface area contributed by atoms with Gasteiger partial charge < -0.3 is 19.2 Å². The average Bonchev–Trinajstić information content (AvgIpc) is 2.98. The molecular formula is C36H51N3O7SSi. The van der Waals surface area contributed by atoms with Gasteiger partial charge in [0.15, 0.2) is 8.32 Å². The van der Waals surface area contributed by atoms with Crippen LogP contribution in [0.4, 0.5) is 10.6 Å². The first-order valence-electron chi connectivity index (χ1n) is 16.0. The van der Waals surface area contributed by atoms with E-state index in [2.05, 4.69) is 56.1 Å². The second-order valence-electron chi connectivity index (χ2n) is 14.2. The molecule has 2 atom stereocenters. The molecule has 262 valence electrons. The maximum Gasteiger partial charge on any atom is 0.413 e. The van der Waals surface area contributed by atoms with Gasteiger partial charge >= 0.3 is 6.09 Å². The molecule has 0 saturated heterocycles. The first-order chi connectivity index (χ1) is 22.3. The van der Waals surface area contributed by atoms with Gasteiger partial charge in [-0.15, -0.1) is 0 Å². The zero-order valence-corrected chi connectivity index (χ0v) is 31.4. The molecule has 2 N–H and O–H groups in total. The number of nitrogens with one attached hydrogen (secondary N) is 2. The van der Waals surface area contributed by atoms with Gasteiger partial charge in [-0.3, -0.25) is 9.50 Å². The summed E-state index contributed by atoms with van der Waals surface area (Å²) in [6, 6.07) is 10.1. The predicted molar refractivity (Wildman–Crippen MR) is 193 cm³/mol. The molecule has 0 fully saturated rings. The number of anilines is 1. The summed E-state index contributed by atoms with van der Waals surface area (Å²) < 4.78 is 49.5. The number of benzene rings is 1. The summed E-state index contributed by atoms with van der Waals surface area (Å²) in [6.07, 6.45) is 9.83. The summed E-state index contributed by atoms with van der Waals surface area (Å²) >= 11 is 0. The molecule has 1 aliphatic heterocycles. The molecule has 1 aromatic heterocycles. The minimum Gasteiger partial charge on any atom is -0.491 e. The molecule has 1 aromatic carbocycles. The minimum atomic E-state index is -3.99. The van der Waals surface area contributed by atoms with Gasteiger partial charge in [-0.25, -0.2) is 9.78 Å². The Kier molecular flexibility index (Phi) is 13.2. The third kappa shape index (κ3) is 12.2. The fourth-order valence-corrected chi connectivity index (χ4v) is 6.51. The van der Waals surface area contributed by atoms with E-state index in [0.717, 1.165) is 16.7 Å². The van der Waals surface area contributed by atoms with E-state index in [1.54, 1.807) is 57.3 Å². The van der Waals surface area contributed by atoms with Gasteiger partial charge in [0.1, 0.15) is 29.9 Å². The van der Waals surface area contributed by atoms with Gasteiger partial charge in [0, 0.05) is 12.7 Å². The van der Waals surface area contributed by atoms with Crippen LogP contribution in [0.25, 0.3) is 0 Å². The van der Waals surface area contributed by atoms with Crippen LogP contribution < -0.4 is 10.6 Å². The summed E-state index contributed by atoms with van der Waals surface area (Å²) in [5.74, 6) is 0.952. The standard InChI is InChI=1S/C36H51N3O7SSi/c1-11-12-29(21-27-15-19-32(37-22-27)28-16-20-33(38-23-28)39-34(40)45-35(3,4)5)43-24-30(46-48(9,10)36(6,7)8)25-44-47(41,42)31-17-13-26(2)14-18-31/h11-21,23,30,32,37H,1,22,24-25H2,2-10H3,(H,38,39,40)/b27-21-,29-12+/t30?,32-/m0/s1. The lowest BCUT2D eigenvalue weighted by molar-refractivity contribution is 0.0497. The van der Waals surface area contributed by atoms with Crippen molar-refractivity contribution in [1.29, 1.82) is 0 Å². The van der Waals surface area contributed by atoms with Crippen LogP contribution in [-0.4, -0.2) is 59.3 Å². The Hall–Kier alpha value is -3.55. The van der Waals surface area contributed by atoms with E-state index in [1.807, 2.05) is 31.2 Å². The molecule has 0 aliphatic carbocycles. The van der Waals surface area contributed by atoms with E-state index in [0.29, 0.717) is 18.1 Å². The first kappa shape index (κ1) is 38.9. The number of aryl methyl sites for hydroxylation is 1. The number of hydrogen-bond donors (Lipinski definition) is 2. The van der Waals surface area contributed by atoms with Gasteiger partial charge in [-0.1, -0.05) is 69.3 Å². The molecule has 1 unspecified atom stereocenters. The van der Waals surface area contributed by atoms with Crippen molar-refractivity contribution in [2.45, 2.75) is 89.2 Å². The fourth-order valence-electron chi connectivity index (χ4n) is 4.25. The van der Waals surface area contributed by atoms with E-state index in [-0.39, 0.29) is 29.2 Å². The topological polar surface area (TPSA) is 125 Å². The summed E-state index contributed by atoms with van der Waals surface area (Å²) in [4.78, 5) is 16.5. The summed E-state index contributed by atoms with van der Waals surface area (Å²) in [7, 11) is -6.29. The van der Waals surface area contributed by atoms with E-state index in [1.165, 1.54) is 12.1 Å². The van der Waals surface area contributed by atoms with Crippen LogP contribution in [0.2, 0.25) is 18.1 Å². The van der Waals surface area contributed by atoms with E-state index < -0.39 is 36.2 Å². The molecule has 12 heteroatoms. The highest BCUT2D eigenvalue weighted by atomic mass is 32.2. The van der Waals surface area contributed by atoms with Crippen molar-refractivity contribution in [1.82, 2.24) is 10.3 Å². The molecule has 2 heterocycles. The minimum absolute atomic E-state index is 0.0759. The molecule has 10 nitrogen and oxygen atoms in total. The maximum atomic E-state index is 13.0. The second kappa shape index (κ2) is 16.2. The number of aromatic nitrogens is 1. The quantitative estimate of drug-likeness (QED) is 0.0936. The van der Waals surface area contributed by atoms with Crippen molar-refractivity contribution < 1.29 is 31.3 Å². The number of rotatable bonds is 13. The highest BCUT2D eigenvalue weighted by molar-refractivity contribution is 7.86. The lowest BCUT2D eigenvalue weighted by Gasteiger charge is -2.39. The van der Waals surface area contributed by atoms with Crippen LogP contribution in [0, 0.1) is 6.92 Å². The lowest BCUT2D eigenvalue weighted by Crippen LogP contribution is -2.46. The predicted octanol–water partition coefficient (Wildman–Crippen LogP) is 7.75. The summed E-state index contributed by atoms with van der Waals surface area (Å²) in [5, 5.41) is 6.00. The van der Waals surface area contributed by atoms with Crippen molar-refractivity contribution in [3.05, 3.63) is 102 Å². The third-order valence-electron chi connectivity index (χ3n) is 7.84. The number of amides is 1. The molecule has 0 saturated carbocycles. The Morgan fingerprint density at radius 1 is 1.10 bits per heavy atom. The van der Waals surface area contributed by atoms with Gasteiger partial charge in [-0.2, -0.15) is 8.42 Å². The largest absolute Gasteiger partial charge is 0.491 e. The number of allylic oxidation sites excluding steroid dienone is 3. The SMILES string of the molecule is C=C/C=C(\C=C1\C=C[C@@H](c2ccc(NC(=O)OC(C)(C)C)nc2)NC1)OCC(COS(=O)(=O)c1ccc(C)cc1)O[Si](C)(C)C(C)(C)C. The van der Waals surface area contributed by atoms with Crippen molar-refractivity contribution in [3.63, 3.8) is 0 Å². The molecular weight excluding hydrogens is 647 g/mol. The second-order valence-corrected chi connectivity index (χ2v) is 20.6. The zero-order valence-electron chi connectivity index (χ0n) is 29.6. The van der Waals surface area contributed by atoms with Crippen LogP contribution in [0.1, 0.15) is 58.7 Å². The molecule has 48 heavy (non-hydrogen) atoms. The first-order valence-corrected chi connectivity index (χ1v) is 20.3. The summed E-state index contributed by atoms with van der Waals surface area (Å²) in [6.45, 7) is 22.1. The summed E-state index contributed by atoms with van der Waals surface area (Å²) in [5.41, 5.74) is 2.26. The van der Waals surface area contributed by atoms with Crippen LogP contribution in [0.5, 0.6) is 0 Å². The van der Waals surface area contributed by atoms with Crippen LogP contribution in [-0.2, 0) is 28.2 Å². The Morgan fingerprint density at radius 2 is 1.79 bits per heavy atom. The fraction of sp³-hybridized carbons (Fsp3) is 0.444. The van der Waals surface area contributed by atoms with Gasteiger partial charge in [0.2, 0.25) is 0 Å². The van der Waals surface area contributed by atoms with E-state index >= 15 is 0 Å². The van der Waals surface area contributed by atoms with E-state index in [9.17, 15) is 13.2 Å². The van der Waals surface area contributed by atoms with Crippen LogP contribution in [0.3, 0.4) is 0 Å². The number of hydrogen-bond acceptors (Lipinski definition) is 9. The molecule has 1 amide bonds. The highest BCUT2D eigenvalue weighted by Crippen LogP contribution is 2.37. The molecule has 0 bridgehead atoms. The van der Waals surface area contributed by atoms with Gasteiger partial charge in [-0.05, 0) is 87.3 Å². The smallest absolute Gasteiger partial charge is 0.413 e. The van der Waals surface area contributed by atoms with Gasteiger partial charge in [0.25, 0.3) is 10.1 Å². The zero-order chi connectivity index (χ0) is 35.8. The van der Waals surface area contributed by atoms with E-state index in [4.69, 9.17) is 18.1 Å². The highest BCUT2D eigenvalue weighted by Gasteiger charge is 2.40. The Balaban J connectivity index is 1.68. The third-order valence-corrected chi connectivity index (χ3v) is 13.7. The number of pyridine rings is 1. The van der Waals surface area contributed by atoms with Gasteiger partial charge in [0.05, 0.1) is 17.5 Å². The molecule has 3 rings (SSSR count). The van der Waals surface area contributed by atoms with Crippen LogP contribution >= 0.6 is 0 Å². The Bertz CT molecular complexity index is 1600. The molecule has 1 aliphatic rings. The van der Waals surface area contributed by atoms with Crippen molar-refractivity contribution in [3.8, 4) is 0 Å². The Labute approximate surface area is 287 Å². The maximum absolute atomic E-state index is 13.0. The van der Waals surface area contributed by atoms with Crippen molar-refractivity contribution in [2.24, 2.45) is 0 Å². The monoisotopic (exact) mass is 697 g/mol. The molecule has 0 radical (unpaired) electrons. The molecule has 0 spiro atoms. The Morgan fingerprint density at radius 3 is 2.33 bits per heavy atom. The number of nitrogens with zero attached hydrogens (tertiary/aromatic N) is 1.